The number of hydrogen-bond acceptors (Lipinski definition) is 10. The number of anilines is 1. The van der Waals surface area contributed by atoms with Crippen LogP contribution in [0.5, 0.6) is 17.4 Å². The van der Waals surface area contributed by atoms with Gasteiger partial charge in [-0.15, -0.1) is 10.2 Å². The summed E-state index contributed by atoms with van der Waals surface area (Å²) >= 11 is 1.40. The predicted molar refractivity (Wildman–Crippen MR) is 110 cm³/mol. The molecule has 10 nitrogen and oxygen atoms in total. The summed E-state index contributed by atoms with van der Waals surface area (Å²) in [4.78, 5) is 15.6. The number of thioether (sulfide) groups is 1. The van der Waals surface area contributed by atoms with Crippen LogP contribution < -0.4 is 14.8 Å². The number of aromatic nitrogens is 3. The Hall–Kier alpha value is -3.60. The standard InChI is InChI=1S/C19H17N5O5S/c1-3-30-19-21-18-14(22-23-19)10-6-4-5-7-12(10)20-17(29-18)11-8-9-13(25)16(28-2)15(11)24(26)27/h4-9,17,20,25H,3H2,1-2H3/t17-/m0/s1. The highest BCUT2D eigenvalue weighted by Crippen LogP contribution is 2.45. The average molecular weight is 427 g/mol. The Kier molecular flexibility index (Phi) is 5.27. The zero-order valence-electron chi connectivity index (χ0n) is 16.0. The lowest BCUT2D eigenvalue weighted by atomic mass is 10.1. The minimum atomic E-state index is -0.988. The first-order valence-corrected chi connectivity index (χ1v) is 9.96. The number of nitrogens with one attached hydrogen (secondary N) is 1. The van der Waals surface area contributed by atoms with Crippen molar-refractivity contribution in [1.29, 1.82) is 0 Å². The van der Waals surface area contributed by atoms with Crippen molar-refractivity contribution >= 4 is 23.1 Å². The van der Waals surface area contributed by atoms with E-state index >= 15 is 0 Å². The molecular formula is C19H17N5O5S. The van der Waals surface area contributed by atoms with Crippen molar-refractivity contribution in [2.75, 3.05) is 18.2 Å². The highest BCUT2D eigenvalue weighted by atomic mass is 32.2. The van der Waals surface area contributed by atoms with Crippen LogP contribution in [0.2, 0.25) is 0 Å². The number of nitro groups is 1. The van der Waals surface area contributed by atoms with Gasteiger partial charge < -0.3 is 19.9 Å². The maximum absolute atomic E-state index is 11.8. The number of benzene rings is 2. The monoisotopic (exact) mass is 427 g/mol. The number of para-hydroxylation sites is 1. The number of nitro benzene ring substituents is 1. The molecule has 0 fully saturated rings. The third kappa shape index (κ3) is 3.43. The molecule has 1 aromatic heterocycles. The first kappa shape index (κ1) is 19.7. The van der Waals surface area contributed by atoms with Crippen molar-refractivity contribution in [3.8, 4) is 28.6 Å². The van der Waals surface area contributed by atoms with Crippen molar-refractivity contribution in [1.82, 2.24) is 15.2 Å². The van der Waals surface area contributed by atoms with Gasteiger partial charge in [0.05, 0.1) is 17.6 Å². The molecule has 1 aliphatic heterocycles. The van der Waals surface area contributed by atoms with Gasteiger partial charge in [0.2, 0.25) is 23.0 Å². The Bertz CT molecular complexity index is 1130. The van der Waals surface area contributed by atoms with Gasteiger partial charge in [-0.2, -0.15) is 4.98 Å². The summed E-state index contributed by atoms with van der Waals surface area (Å²) in [6.45, 7) is 1.96. The summed E-state index contributed by atoms with van der Waals surface area (Å²) in [5.74, 6) is 0.362. The highest BCUT2D eigenvalue weighted by Gasteiger charge is 2.34. The number of aromatic hydroxyl groups is 1. The number of phenolic OH excluding ortho intramolecular Hbond substituents is 1. The molecule has 0 saturated heterocycles. The Morgan fingerprint density at radius 3 is 2.83 bits per heavy atom. The molecule has 2 heterocycles. The molecular weight excluding hydrogens is 410 g/mol. The van der Waals surface area contributed by atoms with Gasteiger partial charge in [-0.3, -0.25) is 10.1 Å². The largest absolute Gasteiger partial charge is 0.504 e. The first-order valence-electron chi connectivity index (χ1n) is 8.97. The van der Waals surface area contributed by atoms with Crippen LogP contribution in [0.3, 0.4) is 0 Å². The van der Waals surface area contributed by atoms with Crippen LogP contribution in [-0.4, -0.2) is 38.1 Å². The van der Waals surface area contributed by atoms with Crippen LogP contribution in [0.1, 0.15) is 18.7 Å². The molecule has 0 unspecified atom stereocenters. The number of ether oxygens (including phenoxy) is 2. The predicted octanol–water partition coefficient (Wildman–Crippen LogP) is 3.78. The van der Waals surface area contributed by atoms with Crippen LogP contribution in [0.15, 0.2) is 41.6 Å². The Morgan fingerprint density at radius 1 is 1.30 bits per heavy atom. The second kappa shape index (κ2) is 8.03. The molecule has 1 atom stereocenters. The van der Waals surface area contributed by atoms with E-state index in [1.165, 1.54) is 31.0 Å². The summed E-state index contributed by atoms with van der Waals surface area (Å²) < 4.78 is 11.1. The third-order valence-corrected chi connectivity index (χ3v) is 5.14. The van der Waals surface area contributed by atoms with Crippen molar-refractivity contribution < 1.29 is 19.5 Å². The molecule has 0 spiro atoms. The average Bonchev–Trinajstić information content (AvgIpc) is 2.90. The summed E-state index contributed by atoms with van der Waals surface area (Å²) in [5, 5.41) is 33.8. The van der Waals surface area contributed by atoms with Crippen LogP contribution in [0.25, 0.3) is 11.3 Å². The number of fused-ring (bicyclic) bond motifs is 3. The number of phenols is 1. The van der Waals surface area contributed by atoms with Crippen LogP contribution in [0, 0.1) is 10.1 Å². The summed E-state index contributed by atoms with van der Waals surface area (Å²) in [5.41, 5.74) is 1.54. The Balaban J connectivity index is 1.90. The lowest BCUT2D eigenvalue weighted by Crippen LogP contribution is -2.19. The van der Waals surface area contributed by atoms with E-state index in [4.69, 9.17) is 9.47 Å². The van der Waals surface area contributed by atoms with Crippen molar-refractivity contribution in [3.63, 3.8) is 0 Å². The van der Waals surface area contributed by atoms with Gasteiger partial charge in [0, 0.05) is 11.3 Å². The van der Waals surface area contributed by atoms with Gasteiger partial charge in [0.1, 0.15) is 0 Å². The molecule has 30 heavy (non-hydrogen) atoms. The van der Waals surface area contributed by atoms with Crippen LogP contribution >= 0.6 is 11.8 Å². The molecule has 0 bridgehead atoms. The van der Waals surface area contributed by atoms with Gasteiger partial charge in [-0.25, -0.2) is 0 Å². The summed E-state index contributed by atoms with van der Waals surface area (Å²) in [6, 6.07) is 10.0. The summed E-state index contributed by atoms with van der Waals surface area (Å²) in [6.07, 6.45) is -0.988. The topological polar surface area (TPSA) is 133 Å². The van der Waals surface area contributed by atoms with E-state index in [-0.39, 0.29) is 22.9 Å². The lowest BCUT2D eigenvalue weighted by molar-refractivity contribution is -0.387. The van der Waals surface area contributed by atoms with E-state index in [2.05, 4.69) is 20.5 Å². The van der Waals surface area contributed by atoms with Gasteiger partial charge in [0.25, 0.3) is 0 Å². The molecule has 1 aliphatic rings. The van der Waals surface area contributed by atoms with E-state index < -0.39 is 16.8 Å². The van der Waals surface area contributed by atoms with E-state index in [0.29, 0.717) is 22.1 Å². The maximum atomic E-state index is 11.8. The minimum Gasteiger partial charge on any atom is -0.504 e. The lowest BCUT2D eigenvalue weighted by Gasteiger charge is -2.20. The summed E-state index contributed by atoms with van der Waals surface area (Å²) in [7, 11) is 1.25. The second-order valence-electron chi connectivity index (χ2n) is 6.18. The fraction of sp³-hybridized carbons (Fsp3) is 0.211. The smallest absolute Gasteiger partial charge is 0.323 e. The molecule has 2 aromatic carbocycles. The van der Waals surface area contributed by atoms with Gasteiger partial charge in [-0.05, 0) is 24.0 Å². The Morgan fingerprint density at radius 2 is 2.10 bits per heavy atom. The molecule has 0 radical (unpaired) electrons. The van der Waals surface area contributed by atoms with Gasteiger partial charge in [-0.1, -0.05) is 36.9 Å². The van der Waals surface area contributed by atoms with Crippen molar-refractivity contribution in [3.05, 3.63) is 52.1 Å². The van der Waals surface area contributed by atoms with E-state index in [0.717, 1.165) is 5.75 Å². The molecule has 3 aromatic rings. The fourth-order valence-electron chi connectivity index (χ4n) is 3.16. The van der Waals surface area contributed by atoms with E-state index in [9.17, 15) is 15.2 Å². The SMILES string of the molecule is CCSc1nnc2c(n1)O[C@@H](c1ccc(O)c(OC)c1[N+](=O)[O-])Nc1ccccc1-2. The zero-order valence-corrected chi connectivity index (χ0v) is 16.8. The van der Waals surface area contributed by atoms with Crippen molar-refractivity contribution in [2.24, 2.45) is 0 Å². The van der Waals surface area contributed by atoms with Gasteiger partial charge >= 0.3 is 5.69 Å². The second-order valence-corrected chi connectivity index (χ2v) is 7.41. The molecule has 4 rings (SSSR count). The quantitative estimate of drug-likeness (QED) is 0.352. The Labute approximate surface area is 175 Å². The molecule has 11 heteroatoms. The third-order valence-electron chi connectivity index (χ3n) is 4.42. The highest BCUT2D eigenvalue weighted by molar-refractivity contribution is 7.99. The molecule has 154 valence electrons. The van der Waals surface area contributed by atoms with E-state index in [1.54, 1.807) is 6.07 Å². The molecule has 2 N–H and O–H groups in total. The zero-order chi connectivity index (χ0) is 21.3. The normalized spacial score (nSPS) is 14.5. The number of hydrogen-bond donors (Lipinski definition) is 2. The van der Waals surface area contributed by atoms with Crippen LogP contribution in [0.4, 0.5) is 11.4 Å². The van der Waals surface area contributed by atoms with Crippen LogP contribution in [-0.2, 0) is 0 Å². The number of methoxy groups -OCH3 is 1. The number of nitrogens with zero attached hydrogens (tertiary/aromatic N) is 4. The maximum Gasteiger partial charge on any atom is 0.323 e. The van der Waals surface area contributed by atoms with Crippen molar-refractivity contribution in [2.45, 2.75) is 18.3 Å². The molecule has 0 amide bonds. The van der Waals surface area contributed by atoms with E-state index in [1.807, 2.05) is 25.1 Å². The molecule has 0 aliphatic carbocycles. The van der Waals surface area contributed by atoms with Gasteiger partial charge in [0.15, 0.2) is 11.4 Å². The molecule has 0 saturated carbocycles. The number of rotatable bonds is 5. The first-order chi connectivity index (χ1) is 14.5. The minimum absolute atomic E-state index is 0.167. The fourth-order valence-corrected chi connectivity index (χ4v) is 3.66.